The molecule has 0 saturated carbocycles. The quantitative estimate of drug-likeness (QED) is 0.914. The van der Waals surface area contributed by atoms with Crippen LogP contribution < -0.4 is 0 Å². The Balaban J connectivity index is 2.16. The smallest absolute Gasteiger partial charge is 0.0700 e. The number of benzene rings is 1. The van der Waals surface area contributed by atoms with Crippen LogP contribution in [0.2, 0.25) is 0 Å². The molecule has 1 N–H and O–H groups in total. The Bertz CT molecular complexity index is 445. The summed E-state index contributed by atoms with van der Waals surface area (Å²) in [7, 11) is 0. The summed E-state index contributed by atoms with van der Waals surface area (Å²) in [6.07, 6.45) is 3.74. The van der Waals surface area contributed by atoms with Crippen molar-refractivity contribution < 1.29 is 5.11 Å². The summed E-state index contributed by atoms with van der Waals surface area (Å²) >= 11 is 0. The highest BCUT2D eigenvalue weighted by Gasteiger charge is 2.30. The number of rotatable bonds is 3. The molecule has 1 aromatic rings. The SMILES string of the molecule is CCN1CCCC(O)(Cc2c(C)cc(C)cc2C)CC1. The minimum Gasteiger partial charge on any atom is -0.389 e. The summed E-state index contributed by atoms with van der Waals surface area (Å²) in [6.45, 7) is 11.9. The molecule has 2 nitrogen and oxygen atoms in total. The standard InChI is InChI=1S/C18H29NO/c1-5-19-9-6-7-18(20,8-10-19)13-17-15(3)11-14(2)12-16(17)4/h11-12,20H,5-10,13H2,1-4H3. The van der Waals surface area contributed by atoms with Crippen molar-refractivity contribution in [2.45, 2.75) is 59.0 Å². The summed E-state index contributed by atoms with van der Waals surface area (Å²) in [5, 5.41) is 11.0. The number of aliphatic hydroxyl groups is 1. The number of hydrogen-bond donors (Lipinski definition) is 1. The Morgan fingerprint density at radius 2 is 1.75 bits per heavy atom. The van der Waals surface area contributed by atoms with Crippen molar-refractivity contribution in [2.24, 2.45) is 0 Å². The van der Waals surface area contributed by atoms with E-state index in [9.17, 15) is 5.11 Å². The molecule has 1 aliphatic rings. The maximum absolute atomic E-state index is 11.0. The average molecular weight is 275 g/mol. The Labute approximate surface area is 123 Å². The lowest BCUT2D eigenvalue weighted by molar-refractivity contribution is 0.0255. The highest BCUT2D eigenvalue weighted by Crippen LogP contribution is 2.29. The molecule has 1 aromatic carbocycles. The molecular formula is C18H29NO. The first-order valence-electron chi connectivity index (χ1n) is 7.95. The molecule has 1 atom stereocenters. The normalized spacial score (nSPS) is 24.6. The van der Waals surface area contributed by atoms with Gasteiger partial charge in [-0.25, -0.2) is 0 Å². The molecular weight excluding hydrogens is 246 g/mol. The predicted octanol–water partition coefficient (Wildman–Crippen LogP) is 3.39. The van der Waals surface area contributed by atoms with Gasteiger partial charge in [-0.15, -0.1) is 0 Å². The summed E-state index contributed by atoms with van der Waals surface area (Å²) in [5.74, 6) is 0. The van der Waals surface area contributed by atoms with Crippen molar-refractivity contribution in [3.05, 3.63) is 34.4 Å². The Morgan fingerprint density at radius 1 is 1.10 bits per heavy atom. The molecule has 0 amide bonds. The van der Waals surface area contributed by atoms with Gasteiger partial charge in [0, 0.05) is 13.0 Å². The molecule has 2 rings (SSSR count). The van der Waals surface area contributed by atoms with Gasteiger partial charge in [-0.1, -0.05) is 24.6 Å². The van der Waals surface area contributed by atoms with Gasteiger partial charge >= 0.3 is 0 Å². The number of likely N-dealkylation sites (tertiary alicyclic amines) is 1. The van der Waals surface area contributed by atoms with Gasteiger partial charge in [0.15, 0.2) is 0 Å². The molecule has 20 heavy (non-hydrogen) atoms. The van der Waals surface area contributed by atoms with Crippen LogP contribution in [0.1, 0.15) is 48.4 Å². The van der Waals surface area contributed by atoms with E-state index in [2.05, 4.69) is 44.7 Å². The molecule has 2 heteroatoms. The van der Waals surface area contributed by atoms with Gasteiger partial charge in [-0.3, -0.25) is 0 Å². The van der Waals surface area contributed by atoms with Gasteiger partial charge in [-0.05, 0) is 69.8 Å². The third kappa shape index (κ3) is 3.62. The van der Waals surface area contributed by atoms with E-state index in [1.165, 1.54) is 22.3 Å². The van der Waals surface area contributed by atoms with Gasteiger partial charge in [0.25, 0.3) is 0 Å². The second-order valence-electron chi connectivity index (χ2n) is 6.57. The lowest BCUT2D eigenvalue weighted by Crippen LogP contribution is -2.34. The molecule has 0 radical (unpaired) electrons. The van der Waals surface area contributed by atoms with Crippen LogP contribution in [-0.2, 0) is 6.42 Å². The first-order chi connectivity index (χ1) is 9.43. The highest BCUT2D eigenvalue weighted by atomic mass is 16.3. The van der Waals surface area contributed by atoms with Gasteiger partial charge in [0.2, 0.25) is 0 Å². The second kappa shape index (κ2) is 6.28. The van der Waals surface area contributed by atoms with Crippen molar-refractivity contribution in [1.29, 1.82) is 0 Å². The summed E-state index contributed by atoms with van der Waals surface area (Å²) in [4.78, 5) is 2.45. The van der Waals surface area contributed by atoms with E-state index in [4.69, 9.17) is 0 Å². The molecule has 112 valence electrons. The Hall–Kier alpha value is -0.860. The molecule has 1 saturated heterocycles. The molecule has 1 fully saturated rings. The van der Waals surface area contributed by atoms with Gasteiger partial charge in [-0.2, -0.15) is 0 Å². The van der Waals surface area contributed by atoms with Crippen LogP contribution in [0, 0.1) is 20.8 Å². The highest BCUT2D eigenvalue weighted by molar-refractivity contribution is 5.38. The van der Waals surface area contributed by atoms with Crippen LogP contribution in [-0.4, -0.2) is 35.2 Å². The first kappa shape index (κ1) is 15.5. The number of aryl methyl sites for hydroxylation is 3. The van der Waals surface area contributed by atoms with Crippen molar-refractivity contribution in [1.82, 2.24) is 4.90 Å². The van der Waals surface area contributed by atoms with E-state index in [0.717, 1.165) is 45.3 Å². The molecule has 1 heterocycles. The second-order valence-corrected chi connectivity index (χ2v) is 6.57. The number of nitrogens with zero attached hydrogens (tertiary/aromatic N) is 1. The zero-order valence-electron chi connectivity index (χ0n) is 13.5. The van der Waals surface area contributed by atoms with Crippen molar-refractivity contribution >= 4 is 0 Å². The molecule has 1 aliphatic heterocycles. The van der Waals surface area contributed by atoms with Gasteiger partial charge in [0.1, 0.15) is 0 Å². The van der Waals surface area contributed by atoms with Gasteiger partial charge in [0.05, 0.1) is 5.60 Å². The Kier molecular flexibility index (Phi) is 4.87. The predicted molar refractivity (Wildman–Crippen MR) is 85.3 cm³/mol. The lowest BCUT2D eigenvalue weighted by Gasteiger charge is -2.28. The third-order valence-electron chi connectivity index (χ3n) is 4.80. The zero-order valence-corrected chi connectivity index (χ0v) is 13.5. The van der Waals surface area contributed by atoms with Crippen LogP contribution in [0.15, 0.2) is 12.1 Å². The molecule has 1 unspecified atom stereocenters. The van der Waals surface area contributed by atoms with Crippen molar-refractivity contribution in [3.8, 4) is 0 Å². The summed E-state index contributed by atoms with van der Waals surface area (Å²) in [5.41, 5.74) is 4.80. The van der Waals surface area contributed by atoms with E-state index in [-0.39, 0.29) is 0 Å². The Morgan fingerprint density at radius 3 is 2.35 bits per heavy atom. The van der Waals surface area contributed by atoms with Crippen LogP contribution in [0.5, 0.6) is 0 Å². The fourth-order valence-corrected chi connectivity index (χ4v) is 3.55. The van der Waals surface area contributed by atoms with Crippen LogP contribution in [0.3, 0.4) is 0 Å². The largest absolute Gasteiger partial charge is 0.389 e. The van der Waals surface area contributed by atoms with E-state index < -0.39 is 5.60 Å². The molecule has 0 aromatic heterocycles. The van der Waals surface area contributed by atoms with E-state index >= 15 is 0 Å². The van der Waals surface area contributed by atoms with Crippen LogP contribution in [0.25, 0.3) is 0 Å². The lowest BCUT2D eigenvalue weighted by atomic mass is 9.84. The maximum Gasteiger partial charge on any atom is 0.0700 e. The first-order valence-corrected chi connectivity index (χ1v) is 7.95. The van der Waals surface area contributed by atoms with E-state index in [1.54, 1.807) is 0 Å². The van der Waals surface area contributed by atoms with E-state index in [1.807, 2.05) is 0 Å². The van der Waals surface area contributed by atoms with E-state index in [0.29, 0.717) is 0 Å². The fourth-order valence-electron chi connectivity index (χ4n) is 3.55. The monoisotopic (exact) mass is 275 g/mol. The van der Waals surface area contributed by atoms with Crippen LogP contribution in [0.4, 0.5) is 0 Å². The maximum atomic E-state index is 11.0. The zero-order chi connectivity index (χ0) is 14.8. The minimum absolute atomic E-state index is 0.519. The molecule has 0 spiro atoms. The number of hydrogen-bond acceptors (Lipinski definition) is 2. The average Bonchev–Trinajstić information content (AvgIpc) is 2.56. The summed E-state index contributed by atoms with van der Waals surface area (Å²) < 4.78 is 0. The third-order valence-corrected chi connectivity index (χ3v) is 4.80. The van der Waals surface area contributed by atoms with Crippen molar-refractivity contribution in [3.63, 3.8) is 0 Å². The molecule has 0 aliphatic carbocycles. The minimum atomic E-state index is -0.519. The van der Waals surface area contributed by atoms with Crippen molar-refractivity contribution in [2.75, 3.05) is 19.6 Å². The fraction of sp³-hybridized carbons (Fsp3) is 0.667. The molecule has 0 bridgehead atoms. The topological polar surface area (TPSA) is 23.5 Å². The van der Waals surface area contributed by atoms with Crippen LogP contribution >= 0.6 is 0 Å². The van der Waals surface area contributed by atoms with Gasteiger partial charge < -0.3 is 10.0 Å². The summed E-state index contributed by atoms with van der Waals surface area (Å²) in [6, 6.07) is 4.47.